The summed E-state index contributed by atoms with van der Waals surface area (Å²) in [6.07, 6.45) is 8.44. The van der Waals surface area contributed by atoms with Crippen molar-refractivity contribution < 1.29 is 18.0 Å². The van der Waals surface area contributed by atoms with E-state index in [2.05, 4.69) is 33.7 Å². The molecule has 0 aliphatic heterocycles. The van der Waals surface area contributed by atoms with Crippen molar-refractivity contribution in [2.24, 2.45) is 0 Å². The van der Waals surface area contributed by atoms with Crippen molar-refractivity contribution in [1.29, 1.82) is 0 Å². The van der Waals surface area contributed by atoms with Crippen LogP contribution in [0.4, 0.5) is 15.3 Å². The first kappa shape index (κ1) is 25.0. The molecule has 9 heteroatoms. The molecule has 8 nitrogen and oxygen atoms in total. The maximum absolute atomic E-state index is 12.8. The van der Waals surface area contributed by atoms with Crippen LogP contribution in [0.3, 0.4) is 0 Å². The second-order valence-electron chi connectivity index (χ2n) is 9.22. The molecule has 0 spiro atoms. The fourth-order valence-electron chi connectivity index (χ4n) is 4.88. The first-order chi connectivity index (χ1) is 16.9. The Balaban J connectivity index is 1.33. The zero-order valence-electron chi connectivity index (χ0n) is 20.2. The van der Waals surface area contributed by atoms with E-state index in [1.807, 2.05) is 0 Å². The van der Waals surface area contributed by atoms with Crippen LogP contribution in [0.1, 0.15) is 60.4 Å². The fraction of sp³-hybridized carbons (Fsp3) is 0.462. The number of carbonyl (C=O) groups is 2. The minimum Gasteiger partial charge on any atom is -0.338 e. The van der Waals surface area contributed by atoms with Gasteiger partial charge in [-0.05, 0) is 91.3 Å². The van der Waals surface area contributed by atoms with E-state index < -0.39 is 16.1 Å². The lowest BCUT2D eigenvalue weighted by atomic mass is 9.99. The quantitative estimate of drug-likeness (QED) is 0.393. The Kier molecular flexibility index (Phi) is 7.95. The second-order valence-corrected chi connectivity index (χ2v) is 10.9. The number of rotatable bonds is 9. The first-order valence-electron chi connectivity index (χ1n) is 12.5. The van der Waals surface area contributed by atoms with E-state index in [4.69, 9.17) is 0 Å². The summed E-state index contributed by atoms with van der Waals surface area (Å²) in [5, 5.41) is 8.43. The highest BCUT2D eigenvalue weighted by atomic mass is 32.2. The van der Waals surface area contributed by atoms with E-state index in [0.717, 1.165) is 73.7 Å². The first-order valence-corrected chi connectivity index (χ1v) is 14.0. The van der Waals surface area contributed by atoms with Crippen molar-refractivity contribution in [3.05, 3.63) is 58.1 Å². The molecule has 0 saturated carbocycles. The van der Waals surface area contributed by atoms with Gasteiger partial charge < -0.3 is 16.0 Å². The molecule has 4 rings (SSSR count). The van der Waals surface area contributed by atoms with Gasteiger partial charge >= 0.3 is 12.1 Å². The van der Waals surface area contributed by atoms with Gasteiger partial charge in [-0.1, -0.05) is 31.5 Å². The Morgan fingerprint density at radius 2 is 1.49 bits per heavy atom. The van der Waals surface area contributed by atoms with Crippen molar-refractivity contribution in [1.82, 2.24) is 15.4 Å². The lowest BCUT2D eigenvalue weighted by molar-refractivity contribution is 0.241. The molecular weight excluding hydrogens is 464 g/mol. The molecule has 2 aliphatic rings. The van der Waals surface area contributed by atoms with Crippen LogP contribution in [-0.4, -0.2) is 33.6 Å². The standard InChI is InChI=1S/C26H34N4O4S/c1-2-3-15-27-25(31)28-16-14-18-10-12-21(13-11-18)35(33,34)30-26(32)29-24-22-8-4-6-19(22)17-20-7-5-9-23(20)24/h10-13,17H,2-9,14-16H2,1H3,(H2,27,28,31)(H2,29,30,32). The number of sulfonamides is 1. The Labute approximate surface area is 207 Å². The van der Waals surface area contributed by atoms with Crippen LogP contribution in [-0.2, 0) is 42.1 Å². The number of aryl methyl sites for hydroxylation is 2. The molecule has 2 aromatic rings. The monoisotopic (exact) mass is 498 g/mol. The van der Waals surface area contributed by atoms with Crippen LogP contribution < -0.4 is 20.7 Å². The van der Waals surface area contributed by atoms with Crippen LogP contribution in [0.5, 0.6) is 0 Å². The molecule has 0 saturated heterocycles. The maximum atomic E-state index is 12.8. The number of nitrogens with one attached hydrogen (secondary N) is 4. The molecule has 0 radical (unpaired) electrons. The average Bonchev–Trinajstić information content (AvgIpc) is 3.49. The zero-order valence-corrected chi connectivity index (χ0v) is 21.0. The summed E-state index contributed by atoms with van der Waals surface area (Å²) in [7, 11) is -4.01. The largest absolute Gasteiger partial charge is 0.338 e. The topological polar surface area (TPSA) is 116 Å². The SMILES string of the molecule is CCCCNC(=O)NCCc1ccc(S(=O)(=O)NC(=O)Nc2c3c(cc4c2CCC4)CCC3)cc1. The van der Waals surface area contributed by atoms with E-state index in [9.17, 15) is 18.0 Å². The predicted octanol–water partition coefficient (Wildman–Crippen LogP) is 3.82. The number of anilines is 1. The van der Waals surface area contributed by atoms with Crippen molar-refractivity contribution in [2.45, 2.75) is 69.6 Å². The van der Waals surface area contributed by atoms with Gasteiger partial charge in [0.25, 0.3) is 10.0 Å². The molecule has 0 heterocycles. The van der Waals surface area contributed by atoms with Gasteiger partial charge in [0.15, 0.2) is 0 Å². The van der Waals surface area contributed by atoms with Crippen molar-refractivity contribution >= 4 is 27.8 Å². The summed E-state index contributed by atoms with van der Waals surface area (Å²) in [6.45, 7) is 3.15. The van der Waals surface area contributed by atoms with Gasteiger partial charge in [0.1, 0.15) is 0 Å². The van der Waals surface area contributed by atoms with Crippen LogP contribution in [0.2, 0.25) is 0 Å². The Morgan fingerprint density at radius 3 is 2.11 bits per heavy atom. The number of amides is 4. The van der Waals surface area contributed by atoms with E-state index in [1.54, 1.807) is 12.1 Å². The molecule has 2 aliphatic carbocycles. The van der Waals surface area contributed by atoms with Crippen molar-refractivity contribution in [3.8, 4) is 0 Å². The molecular formula is C26H34N4O4S. The third-order valence-corrected chi connectivity index (χ3v) is 8.03. The van der Waals surface area contributed by atoms with Crippen LogP contribution in [0, 0.1) is 0 Å². The van der Waals surface area contributed by atoms with Gasteiger partial charge in [-0.25, -0.2) is 22.7 Å². The zero-order chi connectivity index (χ0) is 24.8. The van der Waals surface area contributed by atoms with Gasteiger partial charge in [-0.3, -0.25) is 0 Å². The second kappa shape index (κ2) is 11.1. The normalized spacial score (nSPS) is 14.2. The number of benzene rings is 2. The van der Waals surface area contributed by atoms with Gasteiger partial charge in [0.2, 0.25) is 0 Å². The number of urea groups is 2. The summed E-state index contributed by atoms with van der Waals surface area (Å²) in [5.74, 6) is 0. The highest BCUT2D eigenvalue weighted by Gasteiger charge is 2.26. The minimum absolute atomic E-state index is 0.0187. The lowest BCUT2D eigenvalue weighted by Gasteiger charge is -2.16. The molecule has 0 bridgehead atoms. The maximum Gasteiger partial charge on any atom is 0.333 e. The van der Waals surface area contributed by atoms with Crippen molar-refractivity contribution in [2.75, 3.05) is 18.4 Å². The molecule has 0 aromatic heterocycles. The Bertz CT molecular complexity index is 1160. The van der Waals surface area contributed by atoms with E-state index in [0.29, 0.717) is 19.5 Å². The summed E-state index contributed by atoms with van der Waals surface area (Å²) >= 11 is 0. The van der Waals surface area contributed by atoms with Crippen LogP contribution in [0.15, 0.2) is 35.2 Å². The number of unbranched alkanes of at least 4 members (excludes halogenated alkanes) is 1. The van der Waals surface area contributed by atoms with Gasteiger partial charge in [0.05, 0.1) is 4.90 Å². The van der Waals surface area contributed by atoms with Crippen LogP contribution in [0.25, 0.3) is 0 Å². The van der Waals surface area contributed by atoms with E-state index in [1.165, 1.54) is 23.3 Å². The molecule has 0 fully saturated rings. The number of carbonyl (C=O) groups excluding carboxylic acids is 2. The van der Waals surface area contributed by atoms with Crippen molar-refractivity contribution in [3.63, 3.8) is 0 Å². The molecule has 0 unspecified atom stereocenters. The molecule has 4 amide bonds. The number of fused-ring (bicyclic) bond motifs is 2. The summed E-state index contributed by atoms with van der Waals surface area (Å²) in [6, 6.07) is 7.67. The predicted molar refractivity (Wildman–Crippen MR) is 136 cm³/mol. The number of hydrogen-bond donors (Lipinski definition) is 4. The van der Waals surface area contributed by atoms with E-state index in [-0.39, 0.29) is 10.9 Å². The Morgan fingerprint density at radius 1 is 0.857 bits per heavy atom. The summed E-state index contributed by atoms with van der Waals surface area (Å²) in [4.78, 5) is 24.4. The average molecular weight is 499 g/mol. The summed E-state index contributed by atoms with van der Waals surface area (Å²) < 4.78 is 27.8. The molecule has 2 aromatic carbocycles. The highest BCUT2D eigenvalue weighted by molar-refractivity contribution is 7.90. The highest BCUT2D eigenvalue weighted by Crippen LogP contribution is 2.38. The Hall–Kier alpha value is -3.07. The minimum atomic E-state index is -4.01. The lowest BCUT2D eigenvalue weighted by Crippen LogP contribution is -2.37. The molecule has 35 heavy (non-hydrogen) atoms. The third kappa shape index (κ3) is 6.14. The van der Waals surface area contributed by atoms with Crippen LogP contribution >= 0.6 is 0 Å². The van der Waals surface area contributed by atoms with Gasteiger partial charge in [-0.15, -0.1) is 0 Å². The van der Waals surface area contributed by atoms with Gasteiger partial charge in [-0.2, -0.15) is 0 Å². The van der Waals surface area contributed by atoms with E-state index >= 15 is 0 Å². The fourth-order valence-corrected chi connectivity index (χ4v) is 5.79. The smallest absolute Gasteiger partial charge is 0.333 e. The molecule has 4 N–H and O–H groups in total. The van der Waals surface area contributed by atoms with Gasteiger partial charge in [0, 0.05) is 18.8 Å². The molecule has 0 atom stereocenters. The third-order valence-electron chi connectivity index (χ3n) is 6.69. The molecule has 188 valence electrons. The number of hydrogen-bond acceptors (Lipinski definition) is 4. The summed E-state index contributed by atoms with van der Waals surface area (Å²) in [5.41, 5.74) is 6.53.